The number of benzene rings is 1. The number of nitrogens with one attached hydrogen (secondary N) is 1. The van der Waals surface area contributed by atoms with Crippen molar-refractivity contribution < 1.29 is 9.53 Å². The summed E-state index contributed by atoms with van der Waals surface area (Å²) in [5, 5.41) is 2.79. The van der Waals surface area contributed by atoms with Crippen molar-refractivity contribution in [3.8, 4) is 5.75 Å². The lowest BCUT2D eigenvalue weighted by Crippen LogP contribution is -2.13. The molecule has 1 aromatic heterocycles. The summed E-state index contributed by atoms with van der Waals surface area (Å²) in [6, 6.07) is 12.7. The first-order valence-corrected chi connectivity index (χ1v) is 7.67. The summed E-state index contributed by atoms with van der Waals surface area (Å²) in [6.07, 6.45) is 3.40. The highest BCUT2D eigenvalue weighted by Crippen LogP contribution is 2.14. The molecule has 0 spiro atoms. The SMILES string of the molecule is CCCCCOc1ccc(C(=O)Nc2cccc(C)n2)cc1. The van der Waals surface area contributed by atoms with E-state index < -0.39 is 0 Å². The second kappa shape index (κ2) is 8.17. The van der Waals surface area contributed by atoms with Crippen molar-refractivity contribution in [1.29, 1.82) is 0 Å². The van der Waals surface area contributed by atoms with Gasteiger partial charge in [0.25, 0.3) is 5.91 Å². The molecule has 22 heavy (non-hydrogen) atoms. The maximum atomic E-state index is 12.1. The first-order chi connectivity index (χ1) is 10.7. The van der Waals surface area contributed by atoms with Crippen LogP contribution in [0.15, 0.2) is 42.5 Å². The number of rotatable bonds is 7. The molecule has 0 saturated heterocycles. The van der Waals surface area contributed by atoms with Crippen molar-refractivity contribution in [2.75, 3.05) is 11.9 Å². The zero-order chi connectivity index (χ0) is 15.8. The zero-order valence-electron chi connectivity index (χ0n) is 13.1. The monoisotopic (exact) mass is 298 g/mol. The highest BCUT2D eigenvalue weighted by Gasteiger charge is 2.07. The molecule has 0 bridgehead atoms. The Bertz CT molecular complexity index is 609. The van der Waals surface area contributed by atoms with Crippen LogP contribution in [-0.2, 0) is 0 Å². The molecule has 0 aliphatic carbocycles. The van der Waals surface area contributed by atoms with Gasteiger partial charge < -0.3 is 10.1 Å². The molecule has 0 aliphatic heterocycles. The van der Waals surface area contributed by atoms with Gasteiger partial charge in [0.05, 0.1) is 6.61 Å². The summed E-state index contributed by atoms with van der Waals surface area (Å²) >= 11 is 0. The van der Waals surface area contributed by atoms with Gasteiger partial charge in [0, 0.05) is 11.3 Å². The van der Waals surface area contributed by atoms with E-state index in [-0.39, 0.29) is 5.91 Å². The summed E-state index contributed by atoms with van der Waals surface area (Å²) in [7, 11) is 0. The predicted molar refractivity (Wildman–Crippen MR) is 88.4 cm³/mol. The summed E-state index contributed by atoms with van der Waals surface area (Å²) in [5.41, 5.74) is 1.46. The second-order valence-corrected chi connectivity index (χ2v) is 5.20. The molecule has 1 N–H and O–H groups in total. The zero-order valence-corrected chi connectivity index (χ0v) is 13.1. The Morgan fingerprint density at radius 2 is 1.91 bits per heavy atom. The number of ether oxygens (including phenoxy) is 1. The molecular formula is C18H22N2O2. The van der Waals surface area contributed by atoms with Gasteiger partial charge in [-0.05, 0) is 49.7 Å². The van der Waals surface area contributed by atoms with Crippen LogP contribution in [0.2, 0.25) is 0 Å². The molecule has 116 valence electrons. The number of aryl methyl sites for hydroxylation is 1. The number of pyridine rings is 1. The van der Waals surface area contributed by atoms with Crippen LogP contribution in [0, 0.1) is 6.92 Å². The van der Waals surface area contributed by atoms with Gasteiger partial charge in [0.1, 0.15) is 11.6 Å². The van der Waals surface area contributed by atoms with Gasteiger partial charge in [-0.25, -0.2) is 4.98 Å². The average molecular weight is 298 g/mol. The summed E-state index contributed by atoms with van der Waals surface area (Å²) in [4.78, 5) is 16.4. The molecule has 0 atom stereocenters. The largest absolute Gasteiger partial charge is 0.494 e. The van der Waals surface area contributed by atoms with Crippen molar-refractivity contribution in [3.63, 3.8) is 0 Å². The number of carbonyl (C=O) groups is 1. The number of anilines is 1. The van der Waals surface area contributed by atoms with Crippen molar-refractivity contribution in [1.82, 2.24) is 4.98 Å². The van der Waals surface area contributed by atoms with Crippen LogP contribution in [-0.4, -0.2) is 17.5 Å². The van der Waals surface area contributed by atoms with Crippen LogP contribution >= 0.6 is 0 Å². The fraction of sp³-hybridized carbons (Fsp3) is 0.333. The summed E-state index contributed by atoms with van der Waals surface area (Å²) in [5.74, 6) is 1.18. The molecule has 0 fully saturated rings. The first-order valence-electron chi connectivity index (χ1n) is 7.67. The molecule has 2 aromatic rings. The van der Waals surface area contributed by atoms with E-state index in [0.717, 1.165) is 17.9 Å². The third kappa shape index (κ3) is 4.88. The molecular weight excluding hydrogens is 276 g/mol. The maximum Gasteiger partial charge on any atom is 0.256 e. The van der Waals surface area contributed by atoms with Crippen molar-refractivity contribution in [3.05, 3.63) is 53.7 Å². The van der Waals surface area contributed by atoms with Gasteiger partial charge in [-0.1, -0.05) is 25.8 Å². The highest BCUT2D eigenvalue weighted by atomic mass is 16.5. The molecule has 4 heteroatoms. The highest BCUT2D eigenvalue weighted by molar-refractivity contribution is 6.03. The van der Waals surface area contributed by atoms with E-state index in [9.17, 15) is 4.79 Å². The normalized spacial score (nSPS) is 10.3. The third-order valence-corrected chi connectivity index (χ3v) is 3.26. The minimum atomic E-state index is -0.171. The molecule has 0 unspecified atom stereocenters. The molecule has 1 aromatic carbocycles. The maximum absolute atomic E-state index is 12.1. The van der Waals surface area contributed by atoms with E-state index in [1.165, 1.54) is 12.8 Å². The van der Waals surface area contributed by atoms with E-state index in [0.29, 0.717) is 18.0 Å². The standard InChI is InChI=1S/C18H22N2O2/c1-3-4-5-13-22-16-11-9-15(10-12-16)18(21)20-17-8-6-7-14(2)19-17/h6-12H,3-5,13H2,1-2H3,(H,19,20,21). The fourth-order valence-corrected chi connectivity index (χ4v) is 2.05. The number of unbranched alkanes of at least 4 members (excludes halogenated alkanes) is 2. The van der Waals surface area contributed by atoms with E-state index in [1.807, 2.05) is 31.2 Å². The van der Waals surface area contributed by atoms with Crippen LogP contribution < -0.4 is 10.1 Å². The Kier molecular flexibility index (Phi) is 5.95. The van der Waals surface area contributed by atoms with E-state index >= 15 is 0 Å². The number of carbonyl (C=O) groups excluding carboxylic acids is 1. The smallest absolute Gasteiger partial charge is 0.256 e. The molecule has 1 heterocycles. The minimum Gasteiger partial charge on any atom is -0.494 e. The van der Waals surface area contributed by atoms with E-state index in [4.69, 9.17) is 4.74 Å². The van der Waals surface area contributed by atoms with Crippen LogP contribution in [0.4, 0.5) is 5.82 Å². The lowest BCUT2D eigenvalue weighted by atomic mass is 10.2. The van der Waals surface area contributed by atoms with Crippen LogP contribution in [0.25, 0.3) is 0 Å². The fourth-order valence-electron chi connectivity index (χ4n) is 2.05. The number of nitrogens with zero attached hydrogens (tertiary/aromatic N) is 1. The number of hydrogen-bond donors (Lipinski definition) is 1. The van der Waals surface area contributed by atoms with E-state index in [1.54, 1.807) is 18.2 Å². The van der Waals surface area contributed by atoms with Gasteiger partial charge in [-0.15, -0.1) is 0 Å². The molecule has 0 radical (unpaired) electrons. The third-order valence-electron chi connectivity index (χ3n) is 3.26. The van der Waals surface area contributed by atoms with Crippen LogP contribution in [0.1, 0.15) is 42.2 Å². The van der Waals surface area contributed by atoms with Crippen molar-refractivity contribution in [2.45, 2.75) is 33.1 Å². The number of hydrogen-bond acceptors (Lipinski definition) is 3. The molecule has 0 aliphatic rings. The topological polar surface area (TPSA) is 51.2 Å². The van der Waals surface area contributed by atoms with Crippen molar-refractivity contribution in [2.24, 2.45) is 0 Å². The summed E-state index contributed by atoms with van der Waals surface area (Å²) < 4.78 is 5.63. The lowest BCUT2D eigenvalue weighted by Gasteiger charge is -2.08. The molecule has 1 amide bonds. The molecule has 0 saturated carbocycles. The number of amides is 1. The van der Waals surface area contributed by atoms with Gasteiger partial charge in [0.2, 0.25) is 0 Å². The van der Waals surface area contributed by atoms with Gasteiger partial charge in [-0.2, -0.15) is 0 Å². The quantitative estimate of drug-likeness (QED) is 0.779. The average Bonchev–Trinajstić information content (AvgIpc) is 2.52. The van der Waals surface area contributed by atoms with Gasteiger partial charge in [0.15, 0.2) is 0 Å². The second-order valence-electron chi connectivity index (χ2n) is 5.20. The van der Waals surface area contributed by atoms with Gasteiger partial charge >= 0.3 is 0 Å². The van der Waals surface area contributed by atoms with Crippen LogP contribution in [0.5, 0.6) is 5.75 Å². The van der Waals surface area contributed by atoms with Gasteiger partial charge in [-0.3, -0.25) is 4.79 Å². The lowest BCUT2D eigenvalue weighted by molar-refractivity contribution is 0.102. The Morgan fingerprint density at radius 3 is 2.59 bits per heavy atom. The van der Waals surface area contributed by atoms with E-state index in [2.05, 4.69) is 17.2 Å². The molecule has 2 rings (SSSR count). The summed E-state index contributed by atoms with van der Waals surface area (Å²) in [6.45, 7) is 4.77. The van der Waals surface area contributed by atoms with Crippen LogP contribution in [0.3, 0.4) is 0 Å². The van der Waals surface area contributed by atoms with Crippen molar-refractivity contribution >= 4 is 11.7 Å². The Hall–Kier alpha value is -2.36. The first kappa shape index (κ1) is 16.0. The Labute approximate surface area is 131 Å². The number of aromatic nitrogens is 1. The predicted octanol–water partition coefficient (Wildman–Crippen LogP) is 4.21. The minimum absolute atomic E-state index is 0.171. The Balaban J connectivity index is 1.90. The Morgan fingerprint density at radius 1 is 1.14 bits per heavy atom. The molecule has 4 nitrogen and oxygen atoms in total.